The monoisotopic (exact) mass is 259 g/mol. The molecule has 0 aliphatic heterocycles. The quantitative estimate of drug-likeness (QED) is 0.851. The zero-order valence-corrected chi connectivity index (χ0v) is 12.4. The van der Waals surface area contributed by atoms with Gasteiger partial charge in [-0.25, -0.2) is 0 Å². The van der Waals surface area contributed by atoms with E-state index in [0.717, 1.165) is 6.54 Å². The first-order valence-corrected chi connectivity index (χ1v) is 7.24. The van der Waals surface area contributed by atoms with E-state index in [1.54, 1.807) is 0 Å². The summed E-state index contributed by atoms with van der Waals surface area (Å²) in [6.07, 6.45) is 0. The molecule has 1 heterocycles. The summed E-state index contributed by atoms with van der Waals surface area (Å²) in [5, 5.41) is 3.59. The molecule has 18 heavy (non-hydrogen) atoms. The van der Waals surface area contributed by atoms with Crippen LogP contribution in [0.4, 0.5) is 0 Å². The first-order valence-electron chi connectivity index (χ1n) is 6.42. The first kappa shape index (κ1) is 13.3. The molecule has 0 aliphatic rings. The third-order valence-corrected chi connectivity index (χ3v) is 4.53. The summed E-state index contributed by atoms with van der Waals surface area (Å²) in [5.41, 5.74) is 4.07. The van der Waals surface area contributed by atoms with Crippen LogP contribution in [0.25, 0.3) is 0 Å². The fourth-order valence-corrected chi connectivity index (χ4v) is 2.97. The third kappa shape index (κ3) is 3.21. The van der Waals surface area contributed by atoms with E-state index >= 15 is 0 Å². The molecule has 0 saturated carbocycles. The van der Waals surface area contributed by atoms with Gasteiger partial charge in [-0.15, -0.1) is 11.3 Å². The number of hydrogen-bond donors (Lipinski definition) is 1. The standard InChI is InChI=1S/C16H21NS/c1-11-5-7-15(8-6-11)13(3)17-10-16-9-12(2)14(4)18-16/h5-9,13,17H,10H2,1-4H3. The summed E-state index contributed by atoms with van der Waals surface area (Å²) in [7, 11) is 0. The van der Waals surface area contributed by atoms with Gasteiger partial charge < -0.3 is 5.32 Å². The highest BCUT2D eigenvalue weighted by molar-refractivity contribution is 7.12. The van der Waals surface area contributed by atoms with Crippen molar-refractivity contribution >= 4 is 11.3 Å². The molecule has 1 nitrogen and oxygen atoms in total. The molecular weight excluding hydrogens is 238 g/mol. The Bertz CT molecular complexity index is 491. The normalized spacial score (nSPS) is 12.7. The highest BCUT2D eigenvalue weighted by Gasteiger charge is 2.06. The van der Waals surface area contributed by atoms with Crippen LogP contribution in [0.15, 0.2) is 30.3 Å². The molecule has 0 amide bonds. The van der Waals surface area contributed by atoms with Crippen molar-refractivity contribution in [2.75, 3.05) is 0 Å². The molecule has 0 saturated heterocycles. The van der Waals surface area contributed by atoms with E-state index in [-0.39, 0.29) is 0 Å². The van der Waals surface area contributed by atoms with Gasteiger partial charge in [0.15, 0.2) is 0 Å². The van der Waals surface area contributed by atoms with Crippen LogP contribution in [0, 0.1) is 20.8 Å². The zero-order valence-electron chi connectivity index (χ0n) is 11.6. The third-order valence-electron chi connectivity index (χ3n) is 3.38. The Morgan fingerprint density at radius 2 is 1.78 bits per heavy atom. The Labute approximate surface area is 114 Å². The van der Waals surface area contributed by atoms with Gasteiger partial charge in [-0.2, -0.15) is 0 Å². The Morgan fingerprint density at radius 3 is 2.33 bits per heavy atom. The predicted octanol–water partition coefficient (Wildman–Crippen LogP) is 4.52. The minimum atomic E-state index is 0.397. The second kappa shape index (κ2) is 5.68. The van der Waals surface area contributed by atoms with Crippen molar-refractivity contribution in [2.45, 2.75) is 40.3 Å². The number of hydrogen-bond acceptors (Lipinski definition) is 2. The van der Waals surface area contributed by atoms with E-state index in [9.17, 15) is 0 Å². The SMILES string of the molecule is Cc1ccc(C(C)NCc2cc(C)c(C)s2)cc1. The Kier molecular flexibility index (Phi) is 4.20. The molecule has 0 spiro atoms. The average molecular weight is 259 g/mol. The lowest BCUT2D eigenvalue weighted by atomic mass is 10.1. The van der Waals surface area contributed by atoms with E-state index in [2.05, 4.69) is 63.3 Å². The van der Waals surface area contributed by atoms with Crippen molar-refractivity contribution in [1.82, 2.24) is 5.32 Å². The van der Waals surface area contributed by atoms with Crippen molar-refractivity contribution in [2.24, 2.45) is 0 Å². The van der Waals surface area contributed by atoms with E-state index in [1.165, 1.54) is 26.4 Å². The fourth-order valence-electron chi connectivity index (χ4n) is 1.96. The number of nitrogens with one attached hydrogen (secondary N) is 1. The second-order valence-corrected chi connectivity index (χ2v) is 6.31. The van der Waals surface area contributed by atoms with Gasteiger partial charge >= 0.3 is 0 Å². The van der Waals surface area contributed by atoms with Crippen LogP contribution in [-0.2, 0) is 6.54 Å². The van der Waals surface area contributed by atoms with E-state index in [1.807, 2.05) is 11.3 Å². The Morgan fingerprint density at radius 1 is 1.11 bits per heavy atom. The smallest absolute Gasteiger partial charge is 0.0305 e. The van der Waals surface area contributed by atoms with Crippen LogP contribution < -0.4 is 5.32 Å². The Balaban J connectivity index is 1.95. The first-order chi connectivity index (χ1) is 8.56. The van der Waals surface area contributed by atoms with Crippen LogP contribution in [-0.4, -0.2) is 0 Å². The van der Waals surface area contributed by atoms with Gasteiger partial charge in [0.05, 0.1) is 0 Å². The van der Waals surface area contributed by atoms with Crippen molar-refractivity contribution in [1.29, 1.82) is 0 Å². The van der Waals surface area contributed by atoms with Crippen LogP contribution in [0.2, 0.25) is 0 Å². The number of rotatable bonds is 4. The fraction of sp³-hybridized carbons (Fsp3) is 0.375. The van der Waals surface area contributed by atoms with Crippen LogP contribution in [0.1, 0.15) is 39.4 Å². The molecule has 2 aromatic rings. The molecule has 96 valence electrons. The number of aryl methyl sites for hydroxylation is 3. The molecule has 0 fully saturated rings. The van der Waals surface area contributed by atoms with Crippen molar-refractivity contribution < 1.29 is 0 Å². The molecule has 2 rings (SSSR count). The molecule has 1 unspecified atom stereocenters. The molecule has 2 heteroatoms. The highest BCUT2D eigenvalue weighted by Crippen LogP contribution is 2.21. The summed E-state index contributed by atoms with van der Waals surface area (Å²) in [6.45, 7) is 9.66. The molecule has 1 atom stereocenters. The van der Waals surface area contributed by atoms with Crippen LogP contribution in [0.5, 0.6) is 0 Å². The lowest BCUT2D eigenvalue weighted by molar-refractivity contribution is 0.579. The van der Waals surface area contributed by atoms with Gasteiger partial charge in [0, 0.05) is 22.3 Å². The predicted molar refractivity (Wildman–Crippen MR) is 80.2 cm³/mol. The van der Waals surface area contributed by atoms with E-state index < -0.39 is 0 Å². The van der Waals surface area contributed by atoms with Gasteiger partial charge in [0.1, 0.15) is 0 Å². The zero-order chi connectivity index (χ0) is 13.1. The van der Waals surface area contributed by atoms with Gasteiger partial charge in [0.25, 0.3) is 0 Å². The highest BCUT2D eigenvalue weighted by atomic mass is 32.1. The van der Waals surface area contributed by atoms with Crippen LogP contribution in [0.3, 0.4) is 0 Å². The van der Waals surface area contributed by atoms with Crippen molar-refractivity contribution in [3.63, 3.8) is 0 Å². The van der Waals surface area contributed by atoms with Gasteiger partial charge in [-0.3, -0.25) is 0 Å². The van der Waals surface area contributed by atoms with Crippen molar-refractivity contribution in [3.8, 4) is 0 Å². The molecule has 1 N–H and O–H groups in total. The van der Waals surface area contributed by atoms with Gasteiger partial charge in [-0.1, -0.05) is 29.8 Å². The summed E-state index contributed by atoms with van der Waals surface area (Å²) >= 11 is 1.89. The molecule has 0 radical (unpaired) electrons. The van der Waals surface area contributed by atoms with Crippen molar-refractivity contribution in [3.05, 3.63) is 56.8 Å². The lowest BCUT2D eigenvalue weighted by Crippen LogP contribution is -2.17. The molecule has 0 aliphatic carbocycles. The molecule has 1 aromatic heterocycles. The van der Waals surface area contributed by atoms with Gasteiger partial charge in [-0.05, 0) is 44.9 Å². The molecular formula is C16H21NS. The number of thiophene rings is 1. The topological polar surface area (TPSA) is 12.0 Å². The number of benzene rings is 1. The largest absolute Gasteiger partial charge is 0.305 e. The maximum Gasteiger partial charge on any atom is 0.0305 e. The Hall–Kier alpha value is -1.12. The molecule has 1 aromatic carbocycles. The molecule has 0 bridgehead atoms. The summed E-state index contributed by atoms with van der Waals surface area (Å²) < 4.78 is 0. The van der Waals surface area contributed by atoms with E-state index in [0.29, 0.717) is 6.04 Å². The maximum atomic E-state index is 3.59. The summed E-state index contributed by atoms with van der Waals surface area (Å²) in [5.74, 6) is 0. The second-order valence-electron chi connectivity index (χ2n) is 4.97. The summed E-state index contributed by atoms with van der Waals surface area (Å²) in [4.78, 5) is 2.85. The van der Waals surface area contributed by atoms with E-state index in [4.69, 9.17) is 0 Å². The van der Waals surface area contributed by atoms with Crippen LogP contribution >= 0.6 is 11.3 Å². The maximum absolute atomic E-state index is 3.59. The lowest BCUT2D eigenvalue weighted by Gasteiger charge is -2.13. The minimum Gasteiger partial charge on any atom is -0.305 e. The average Bonchev–Trinajstić information content (AvgIpc) is 2.67. The summed E-state index contributed by atoms with van der Waals surface area (Å²) in [6, 6.07) is 11.4. The minimum absolute atomic E-state index is 0.397. The van der Waals surface area contributed by atoms with Gasteiger partial charge in [0.2, 0.25) is 0 Å².